The number of benzene rings is 1. The second kappa shape index (κ2) is 5.27. The van der Waals surface area contributed by atoms with Crippen LogP contribution in [0, 0.1) is 18.3 Å². The number of carbonyl (C=O) groups is 1. The van der Waals surface area contributed by atoms with Crippen molar-refractivity contribution in [1.29, 1.82) is 5.26 Å². The molecule has 1 heterocycles. The van der Waals surface area contributed by atoms with Crippen LogP contribution in [0.3, 0.4) is 0 Å². The van der Waals surface area contributed by atoms with E-state index in [1.54, 1.807) is 37.3 Å². The van der Waals surface area contributed by atoms with E-state index in [0.717, 1.165) is 5.69 Å². The number of aromatic carboxylic acids is 1. The highest BCUT2D eigenvalue weighted by atomic mass is 16.4. The molecule has 0 radical (unpaired) electrons. The standard InChI is InChI=1S/C14H12N2O3/c1-9-12(14(17)18)3-2-4-13(9)16-8-11-6-5-10(7-15)19-11/h2-6,16H,8H2,1H3,(H,17,18). The van der Waals surface area contributed by atoms with E-state index in [1.807, 2.05) is 6.07 Å². The molecule has 0 saturated heterocycles. The molecule has 5 nitrogen and oxygen atoms in total. The highest BCUT2D eigenvalue weighted by molar-refractivity contribution is 5.91. The van der Waals surface area contributed by atoms with Crippen molar-refractivity contribution >= 4 is 11.7 Å². The maximum absolute atomic E-state index is 11.0. The summed E-state index contributed by atoms with van der Waals surface area (Å²) in [5.74, 6) is -0.0737. The van der Waals surface area contributed by atoms with Crippen molar-refractivity contribution in [2.45, 2.75) is 13.5 Å². The molecule has 19 heavy (non-hydrogen) atoms. The van der Waals surface area contributed by atoms with E-state index >= 15 is 0 Å². The van der Waals surface area contributed by atoms with Crippen LogP contribution >= 0.6 is 0 Å². The van der Waals surface area contributed by atoms with Crippen LogP contribution in [-0.2, 0) is 6.54 Å². The second-order valence-electron chi connectivity index (χ2n) is 4.01. The molecule has 2 N–H and O–H groups in total. The van der Waals surface area contributed by atoms with Crippen LogP contribution in [0.1, 0.15) is 27.4 Å². The lowest BCUT2D eigenvalue weighted by Gasteiger charge is -2.10. The number of carboxylic acid groups (broad SMARTS) is 1. The molecule has 0 aliphatic carbocycles. The smallest absolute Gasteiger partial charge is 0.336 e. The first-order valence-corrected chi connectivity index (χ1v) is 5.67. The van der Waals surface area contributed by atoms with Crippen molar-refractivity contribution in [3.63, 3.8) is 0 Å². The van der Waals surface area contributed by atoms with Crippen LogP contribution in [0.15, 0.2) is 34.7 Å². The van der Waals surface area contributed by atoms with E-state index < -0.39 is 5.97 Å². The van der Waals surface area contributed by atoms with E-state index in [1.165, 1.54) is 0 Å². The van der Waals surface area contributed by atoms with Gasteiger partial charge in [0.15, 0.2) is 0 Å². The monoisotopic (exact) mass is 256 g/mol. The van der Waals surface area contributed by atoms with E-state index in [4.69, 9.17) is 14.8 Å². The molecular formula is C14H12N2O3. The molecule has 5 heteroatoms. The zero-order valence-electron chi connectivity index (χ0n) is 10.3. The minimum Gasteiger partial charge on any atom is -0.478 e. The van der Waals surface area contributed by atoms with Crippen LogP contribution in [0.5, 0.6) is 0 Å². The first-order valence-electron chi connectivity index (χ1n) is 5.67. The Balaban J connectivity index is 2.14. The van der Waals surface area contributed by atoms with Gasteiger partial charge in [0.1, 0.15) is 11.8 Å². The third-order valence-corrected chi connectivity index (χ3v) is 2.79. The van der Waals surface area contributed by atoms with Gasteiger partial charge in [0.05, 0.1) is 12.1 Å². The number of nitriles is 1. The maximum Gasteiger partial charge on any atom is 0.336 e. The van der Waals surface area contributed by atoms with Crippen molar-refractivity contribution in [1.82, 2.24) is 0 Å². The Morgan fingerprint density at radius 2 is 2.21 bits per heavy atom. The normalized spacial score (nSPS) is 9.89. The minimum absolute atomic E-state index is 0.257. The van der Waals surface area contributed by atoms with Gasteiger partial charge in [-0.3, -0.25) is 0 Å². The molecule has 0 atom stereocenters. The van der Waals surface area contributed by atoms with Crippen LogP contribution in [0.2, 0.25) is 0 Å². The van der Waals surface area contributed by atoms with E-state index in [0.29, 0.717) is 17.9 Å². The number of hydrogen-bond donors (Lipinski definition) is 2. The second-order valence-corrected chi connectivity index (χ2v) is 4.01. The molecule has 2 aromatic rings. The SMILES string of the molecule is Cc1c(NCc2ccc(C#N)o2)cccc1C(=O)O. The third kappa shape index (κ3) is 2.75. The molecule has 96 valence electrons. The minimum atomic E-state index is -0.953. The number of furan rings is 1. The quantitative estimate of drug-likeness (QED) is 0.878. The number of anilines is 1. The van der Waals surface area contributed by atoms with Gasteiger partial charge in [0.25, 0.3) is 0 Å². The molecule has 0 aliphatic rings. The average Bonchev–Trinajstić information content (AvgIpc) is 2.85. The Morgan fingerprint density at radius 3 is 2.84 bits per heavy atom. The van der Waals surface area contributed by atoms with E-state index in [-0.39, 0.29) is 11.3 Å². The van der Waals surface area contributed by atoms with Gasteiger partial charge in [-0.25, -0.2) is 4.79 Å². The Morgan fingerprint density at radius 1 is 1.42 bits per heavy atom. The molecule has 2 rings (SSSR count). The molecular weight excluding hydrogens is 244 g/mol. The van der Waals surface area contributed by atoms with Gasteiger partial charge in [0.2, 0.25) is 5.76 Å². The van der Waals surface area contributed by atoms with Gasteiger partial charge in [-0.2, -0.15) is 5.26 Å². The van der Waals surface area contributed by atoms with E-state index in [2.05, 4.69) is 5.32 Å². The number of nitrogens with one attached hydrogen (secondary N) is 1. The van der Waals surface area contributed by atoms with Gasteiger partial charge >= 0.3 is 5.97 Å². The topological polar surface area (TPSA) is 86.3 Å². The van der Waals surface area contributed by atoms with Crippen molar-refractivity contribution in [2.75, 3.05) is 5.32 Å². The first-order chi connectivity index (χ1) is 9.11. The number of nitrogens with zero attached hydrogens (tertiary/aromatic N) is 1. The number of rotatable bonds is 4. The van der Waals surface area contributed by atoms with Gasteiger partial charge in [-0.05, 0) is 36.8 Å². The summed E-state index contributed by atoms with van der Waals surface area (Å²) < 4.78 is 5.23. The van der Waals surface area contributed by atoms with Gasteiger partial charge < -0.3 is 14.8 Å². The van der Waals surface area contributed by atoms with Gasteiger partial charge in [0, 0.05) is 5.69 Å². The number of carboxylic acids is 1. The van der Waals surface area contributed by atoms with E-state index in [9.17, 15) is 4.79 Å². The highest BCUT2D eigenvalue weighted by Gasteiger charge is 2.10. The molecule has 0 spiro atoms. The molecule has 0 bridgehead atoms. The van der Waals surface area contributed by atoms with Crippen LogP contribution in [0.25, 0.3) is 0 Å². The zero-order chi connectivity index (χ0) is 13.8. The summed E-state index contributed by atoms with van der Waals surface area (Å²) in [6.07, 6.45) is 0. The molecule has 0 saturated carbocycles. The summed E-state index contributed by atoms with van der Waals surface area (Å²) in [4.78, 5) is 11.0. The van der Waals surface area contributed by atoms with Crippen LogP contribution < -0.4 is 5.32 Å². The molecule has 0 amide bonds. The molecule has 0 aliphatic heterocycles. The summed E-state index contributed by atoms with van der Waals surface area (Å²) in [5, 5.41) is 20.8. The highest BCUT2D eigenvalue weighted by Crippen LogP contribution is 2.20. The fourth-order valence-corrected chi connectivity index (χ4v) is 1.77. The Kier molecular flexibility index (Phi) is 3.53. The molecule has 1 aromatic heterocycles. The predicted molar refractivity (Wildman–Crippen MR) is 68.9 cm³/mol. The van der Waals surface area contributed by atoms with Crippen molar-refractivity contribution in [3.8, 4) is 6.07 Å². The Hall–Kier alpha value is -2.74. The predicted octanol–water partition coefficient (Wildman–Crippen LogP) is 2.77. The Bertz CT molecular complexity index is 653. The fourth-order valence-electron chi connectivity index (χ4n) is 1.77. The van der Waals surface area contributed by atoms with Crippen molar-refractivity contribution < 1.29 is 14.3 Å². The lowest BCUT2D eigenvalue weighted by atomic mass is 10.1. The van der Waals surface area contributed by atoms with Crippen molar-refractivity contribution in [2.24, 2.45) is 0 Å². The fraction of sp³-hybridized carbons (Fsp3) is 0.143. The van der Waals surface area contributed by atoms with Crippen molar-refractivity contribution in [3.05, 3.63) is 53.0 Å². The average molecular weight is 256 g/mol. The van der Waals surface area contributed by atoms with Gasteiger partial charge in [-0.15, -0.1) is 0 Å². The number of hydrogen-bond acceptors (Lipinski definition) is 4. The lowest BCUT2D eigenvalue weighted by Crippen LogP contribution is -2.05. The first kappa shape index (κ1) is 12.7. The maximum atomic E-state index is 11.0. The van der Waals surface area contributed by atoms with Gasteiger partial charge in [-0.1, -0.05) is 6.07 Å². The van der Waals surface area contributed by atoms with Crippen LogP contribution in [0.4, 0.5) is 5.69 Å². The zero-order valence-corrected chi connectivity index (χ0v) is 10.3. The summed E-state index contributed by atoms with van der Waals surface area (Å²) in [7, 11) is 0. The summed E-state index contributed by atoms with van der Waals surface area (Å²) in [5.41, 5.74) is 1.67. The summed E-state index contributed by atoms with van der Waals surface area (Å²) in [6.45, 7) is 2.14. The molecule has 0 fully saturated rings. The molecule has 1 aromatic carbocycles. The summed E-state index contributed by atoms with van der Waals surface area (Å²) in [6, 6.07) is 10.3. The van der Waals surface area contributed by atoms with Crippen LogP contribution in [-0.4, -0.2) is 11.1 Å². The Labute approximate surface area is 110 Å². The molecule has 0 unspecified atom stereocenters. The summed E-state index contributed by atoms with van der Waals surface area (Å²) >= 11 is 0. The lowest BCUT2D eigenvalue weighted by molar-refractivity contribution is 0.0696. The largest absolute Gasteiger partial charge is 0.478 e. The third-order valence-electron chi connectivity index (χ3n) is 2.79.